The summed E-state index contributed by atoms with van der Waals surface area (Å²) in [5.74, 6) is 0.145. The molecular weight excluding hydrogens is 220 g/mol. The number of imidazole rings is 1. The Labute approximate surface area is 98.3 Å². The minimum atomic E-state index is -0.464. The zero-order chi connectivity index (χ0) is 12.3. The Kier molecular flexibility index (Phi) is 3.13. The number of hydrogen-bond acceptors (Lipinski definition) is 5. The molecule has 0 bridgehead atoms. The number of nitrogens with zero attached hydrogens (tertiary/aromatic N) is 4. The van der Waals surface area contributed by atoms with E-state index in [0.29, 0.717) is 12.4 Å². The fourth-order valence-corrected chi connectivity index (χ4v) is 1.32. The number of hydrogen-bond donors (Lipinski definition) is 0. The number of carbonyl (C=O) groups is 1. The molecule has 0 N–H and O–H groups in total. The first-order valence-corrected chi connectivity index (χ1v) is 5.22. The molecule has 88 valence electrons. The molecule has 2 rings (SSSR count). The average Bonchev–Trinajstić information content (AvgIpc) is 2.76. The second kappa shape index (κ2) is 4.73. The number of carbonyl (C=O) groups excluding carboxylic acids is 1. The van der Waals surface area contributed by atoms with Gasteiger partial charge in [0.15, 0.2) is 11.5 Å². The first kappa shape index (κ1) is 11.3. The molecule has 2 aromatic rings. The lowest BCUT2D eigenvalue weighted by Crippen LogP contribution is -2.09. The van der Waals surface area contributed by atoms with E-state index in [0.717, 1.165) is 5.69 Å². The van der Waals surface area contributed by atoms with E-state index in [4.69, 9.17) is 4.74 Å². The first-order chi connectivity index (χ1) is 8.20. The van der Waals surface area contributed by atoms with Crippen molar-refractivity contribution in [3.63, 3.8) is 0 Å². The van der Waals surface area contributed by atoms with Gasteiger partial charge in [-0.2, -0.15) is 0 Å². The highest BCUT2D eigenvalue weighted by atomic mass is 16.5. The summed E-state index contributed by atoms with van der Waals surface area (Å²) in [4.78, 5) is 15.4. The minimum absolute atomic E-state index is 0.201. The van der Waals surface area contributed by atoms with E-state index in [9.17, 15) is 4.79 Å². The van der Waals surface area contributed by atoms with E-state index in [1.807, 2.05) is 13.1 Å². The molecule has 0 radical (unpaired) electrons. The Bertz CT molecular complexity index is 519. The van der Waals surface area contributed by atoms with Gasteiger partial charge in [0.25, 0.3) is 0 Å². The number of aromatic nitrogens is 4. The van der Waals surface area contributed by atoms with Crippen LogP contribution in [0.1, 0.15) is 23.1 Å². The molecule has 17 heavy (non-hydrogen) atoms. The quantitative estimate of drug-likeness (QED) is 0.742. The molecule has 0 fully saturated rings. The van der Waals surface area contributed by atoms with Gasteiger partial charge in [0.1, 0.15) is 6.33 Å². The molecule has 0 amide bonds. The molecule has 6 nitrogen and oxygen atoms in total. The van der Waals surface area contributed by atoms with Crippen LogP contribution in [0.4, 0.5) is 0 Å². The Balaban J connectivity index is 2.21. The van der Waals surface area contributed by atoms with Crippen molar-refractivity contribution >= 4 is 5.97 Å². The molecular formula is C11H12N4O2. The number of esters is 1. The predicted molar refractivity (Wildman–Crippen MR) is 59.8 cm³/mol. The van der Waals surface area contributed by atoms with Gasteiger partial charge in [-0.05, 0) is 26.0 Å². The molecule has 0 aliphatic rings. The fourth-order valence-electron chi connectivity index (χ4n) is 1.32. The monoisotopic (exact) mass is 232 g/mol. The van der Waals surface area contributed by atoms with Crippen molar-refractivity contribution in [3.8, 4) is 5.82 Å². The van der Waals surface area contributed by atoms with E-state index in [2.05, 4.69) is 15.2 Å². The smallest absolute Gasteiger partial charge is 0.358 e. The van der Waals surface area contributed by atoms with Crippen LogP contribution in [0, 0.1) is 6.92 Å². The van der Waals surface area contributed by atoms with Crippen molar-refractivity contribution in [3.05, 3.63) is 36.0 Å². The van der Waals surface area contributed by atoms with Gasteiger partial charge < -0.3 is 4.74 Å². The number of rotatable bonds is 3. The topological polar surface area (TPSA) is 69.9 Å². The van der Waals surface area contributed by atoms with Gasteiger partial charge in [-0.15, -0.1) is 10.2 Å². The SMILES string of the molecule is CCOC(=O)c1ccc(-n2cnc(C)c2)nn1. The molecule has 0 saturated carbocycles. The summed E-state index contributed by atoms with van der Waals surface area (Å²) in [7, 11) is 0. The highest BCUT2D eigenvalue weighted by molar-refractivity contribution is 5.86. The molecule has 0 spiro atoms. The van der Waals surface area contributed by atoms with E-state index in [-0.39, 0.29) is 5.69 Å². The molecule has 0 unspecified atom stereocenters. The predicted octanol–water partition coefficient (Wildman–Crippen LogP) is 1.15. The van der Waals surface area contributed by atoms with Gasteiger partial charge in [0, 0.05) is 6.20 Å². The van der Waals surface area contributed by atoms with Crippen LogP contribution in [0.15, 0.2) is 24.7 Å². The van der Waals surface area contributed by atoms with Crippen LogP contribution >= 0.6 is 0 Å². The summed E-state index contributed by atoms with van der Waals surface area (Å²) in [6.07, 6.45) is 3.47. The van der Waals surface area contributed by atoms with Crippen molar-refractivity contribution in [2.24, 2.45) is 0 Å². The molecule has 0 aromatic carbocycles. The summed E-state index contributed by atoms with van der Waals surface area (Å²) in [5.41, 5.74) is 1.09. The lowest BCUT2D eigenvalue weighted by atomic mass is 10.4. The molecule has 0 aliphatic heterocycles. The number of ether oxygens (including phenoxy) is 1. The van der Waals surface area contributed by atoms with Gasteiger partial charge in [0.05, 0.1) is 12.3 Å². The van der Waals surface area contributed by atoms with Crippen LogP contribution in [-0.2, 0) is 4.74 Å². The van der Waals surface area contributed by atoms with Gasteiger partial charge in [-0.3, -0.25) is 4.57 Å². The zero-order valence-electron chi connectivity index (χ0n) is 9.62. The Hall–Kier alpha value is -2.24. The van der Waals surface area contributed by atoms with Gasteiger partial charge in [-0.25, -0.2) is 9.78 Å². The summed E-state index contributed by atoms with van der Waals surface area (Å²) < 4.78 is 6.55. The largest absolute Gasteiger partial charge is 0.461 e. The third-order valence-corrected chi connectivity index (χ3v) is 2.11. The van der Waals surface area contributed by atoms with Crippen LogP contribution in [0.2, 0.25) is 0 Å². The van der Waals surface area contributed by atoms with Crippen molar-refractivity contribution in [2.45, 2.75) is 13.8 Å². The Morgan fingerprint density at radius 3 is 2.76 bits per heavy atom. The van der Waals surface area contributed by atoms with Crippen LogP contribution < -0.4 is 0 Å². The van der Waals surface area contributed by atoms with E-state index >= 15 is 0 Å². The van der Waals surface area contributed by atoms with Crippen molar-refractivity contribution in [1.82, 2.24) is 19.7 Å². The summed E-state index contributed by atoms with van der Waals surface area (Å²) in [5, 5.41) is 7.75. The maximum absolute atomic E-state index is 11.4. The van der Waals surface area contributed by atoms with Crippen molar-refractivity contribution in [2.75, 3.05) is 6.61 Å². The third-order valence-electron chi connectivity index (χ3n) is 2.11. The molecule has 0 aliphatic carbocycles. The minimum Gasteiger partial charge on any atom is -0.461 e. The van der Waals surface area contributed by atoms with Crippen LogP contribution in [0.25, 0.3) is 5.82 Å². The summed E-state index contributed by atoms with van der Waals surface area (Å²) in [6.45, 7) is 3.95. The highest BCUT2D eigenvalue weighted by Crippen LogP contribution is 2.05. The fraction of sp³-hybridized carbons (Fsp3) is 0.273. The molecule has 6 heteroatoms. The second-order valence-electron chi connectivity index (χ2n) is 3.42. The van der Waals surface area contributed by atoms with Gasteiger partial charge >= 0.3 is 5.97 Å². The molecule has 2 aromatic heterocycles. The summed E-state index contributed by atoms with van der Waals surface area (Å²) in [6, 6.07) is 3.27. The maximum atomic E-state index is 11.4. The zero-order valence-corrected chi connectivity index (χ0v) is 9.62. The second-order valence-corrected chi connectivity index (χ2v) is 3.42. The highest BCUT2D eigenvalue weighted by Gasteiger charge is 2.09. The normalized spacial score (nSPS) is 10.2. The van der Waals surface area contributed by atoms with Crippen molar-refractivity contribution < 1.29 is 9.53 Å². The van der Waals surface area contributed by atoms with Crippen LogP contribution in [0.5, 0.6) is 0 Å². The summed E-state index contributed by atoms with van der Waals surface area (Å²) >= 11 is 0. The van der Waals surface area contributed by atoms with E-state index < -0.39 is 5.97 Å². The lowest BCUT2D eigenvalue weighted by molar-refractivity contribution is 0.0518. The van der Waals surface area contributed by atoms with Gasteiger partial charge in [0.2, 0.25) is 0 Å². The van der Waals surface area contributed by atoms with Gasteiger partial charge in [-0.1, -0.05) is 0 Å². The first-order valence-electron chi connectivity index (χ1n) is 5.22. The van der Waals surface area contributed by atoms with Crippen LogP contribution in [0.3, 0.4) is 0 Å². The standard InChI is InChI=1S/C11H12N4O2/c1-3-17-11(16)9-4-5-10(14-13-9)15-6-8(2)12-7-15/h4-7H,3H2,1-2H3. The molecule has 0 saturated heterocycles. The van der Waals surface area contributed by atoms with Crippen LogP contribution in [-0.4, -0.2) is 32.3 Å². The third kappa shape index (κ3) is 2.47. The van der Waals surface area contributed by atoms with E-state index in [1.54, 1.807) is 30.0 Å². The molecule has 0 atom stereocenters. The van der Waals surface area contributed by atoms with E-state index in [1.165, 1.54) is 0 Å². The average molecular weight is 232 g/mol. The Morgan fingerprint density at radius 1 is 1.41 bits per heavy atom. The number of aryl methyl sites for hydroxylation is 1. The molecule has 2 heterocycles. The lowest BCUT2D eigenvalue weighted by Gasteiger charge is -2.02. The maximum Gasteiger partial charge on any atom is 0.358 e. The Morgan fingerprint density at radius 2 is 2.24 bits per heavy atom. The van der Waals surface area contributed by atoms with Crippen molar-refractivity contribution in [1.29, 1.82) is 0 Å².